The molecule has 1 rings (SSSR count). The molecule has 0 aliphatic carbocycles. The van der Waals surface area contributed by atoms with Crippen LogP contribution < -0.4 is 5.32 Å². The van der Waals surface area contributed by atoms with Gasteiger partial charge < -0.3 is 5.32 Å². The van der Waals surface area contributed by atoms with Crippen LogP contribution in [0.1, 0.15) is 55.5 Å². The summed E-state index contributed by atoms with van der Waals surface area (Å²) in [7, 11) is 0. The summed E-state index contributed by atoms with van der Waals surface area (Å²) >= 11 is 0. The van der Waals surface area contributed by atoms with E-state index in [9.17, 15) is 4.79 Å². The highest BCUT2D eigenvalue weighted by Gasteiger charge is 2.09. The molecule has 94 valence electrons. The molecule has 0 saturated heterocycles. The molecular formula is C15H23NO. The maximum atomic E-state index is 11.9. The van der Waals surface area contributed by atoms with Crippen molar-refractivity contribution in [2.24, 2.45) is 0 Å². The van der Waals surface area contributed by atoms with E-state index in [-0.39, 0.29) is 11.9 Å². The highest BCUT2D eigenvalue weighted by molar-refractivity contribution is 5.94. The summed E-state index contributed by atoms with van der Waals surface area (Å²) in [5, 5.41) is 3.04. The summed E-state index contributed by atoms with van der Waals surface area (Å²) in [5.74, 6) is 0.0395. The summed E-state index contributed by atoms with van der Waals surface area (Å²) < 4.78 is 0. The van der Waals surface area contributed by atoms with Gasteiger partial charge in [0.1, 0.15) is 0 Å². The van der Waals surface area contributed by atoms with Crippen molar-refractivity contribution in [2.45, 2.75) is 52.5 Å². The fourth-order valence-corrected chi connectivity index (χ4v) is 1.87. The van der Waals surface area contributed by atoms with Crippen LogP contribution in [0.15, 0.2) is 24.3 Å². The molecule has 1 unspecified atom stereocenters. The minimum absolute atomic E-state index is 0.0395. The quantitative estimate of drug-likeness (QED) is 0.746. The van der Waals surface area contributed by atoms with E-state index in [4.69, 9.17) is 0 Å². The van der Waals surface area contributed by atoms with Crippen LogP contribution in [0.5, 0.6) is 0 Å². The Morgan fingerprint density at radius 3 is 2.76 bits per heavy atom. The van der Waals surface area contributed by atoms with Crippen LogP contribution in [0, 0.1) is 6.92 Å². The number of unbranched alkanes of at least 4 members (excludes halogenated alkanes) is 2. The number of aryl methyl sites for hydroxylation is 1. The Morgan fingerprint density at radius 1 is 1.35 bits per heavy atom. The molecule has 2 heteroatoms. The number of carbonyl (C=O) groups excluding carboxylic acids is 1. The summed E-state index contributed by atoms with van der Waals surface area (Å²) in [5.41, 5.74) is 1.88. The van der Waals surface area contributed by atoms with Crippen LogP contribution in [0.2, 0.25) is 0 Å². The maximum absolute atomic E-state index is 11.9. The average Bonchev–Trinajstić information content (AvgIpc) is 2.29. The average molecular weight is 233 g/mol. The molecule has 17 heavy (non-hydrogen) atoms. The number of amides is 1. The van der Waals surface area contributed by atoms with Crippen LogP contribution in [0.3, 0.4) is 0 Å². The van der Waals surface area contributed by atoms with E-state index in [1.54, 1.807) is 0 Å². The fraction of sp³-hybridized carbons (Fsp3) is 0.533. The van der Waals surface area contributed by atoms with Crippen LogP contribution >= 0.6 is 0 Å². The number of rotatable bonds is 6. The second-order valence-electron chi connectivity index (χ2n) is 4.74. The van der Waals surface area contributed by atoms with Crippen molar-refractivity contribution in [1.82, 2.24) is 5.32 Å². The molecule has 0 fully saturated rings. The molecule has 0 radical (unpaired) electrons. The Morgan fingerprint density at radius 2 is 2.12 bits per heavy atom. The molecule has 0 aliphatic heterocycles. The normalized spacial score (nSPS) is 12.2. The number of hydrogen-bond acceptors (Lipinski definition) is 1. The van der Waals surface area contributed by atoms with Crippen LogP contribution in [0.4, 0.5) is 0 Å². The maximum Gasteiger partial charge on any atom is 0.251 e. The lowest BCUT2D eigenvalue weighted by Crippen LogP contribution is -2.32. The van der Waals surface area contributed by atoms with E-state index < -0.39 is 0 Å². The molecule has 0 aromatic heterocycles. The summed E-state index contributed by atoms with van der Waals surface area (Å²) in [6.07, 6.45) is 4.71. The zero-order valence-corrected chi connectivity index (χ0v) is 11.1. The van der Waals surface area contributed by atoms with Gasteiger partial charge in [-0.3, -0.25) is 4.79 Å². The third-order valence-electron chi connectivity index (χ3n) is 2.90. The van der Waals surface area contributed by atoms with Gasteiger partial charge >= 0.3 is 0 Å². The van der Waals surface area contributed by atoms with Crippen molar-refractivity contribution >= 4 is 5.91 Å². The molecule has 0 aliphatic rings. The lowest BCUT2D eigenvalue weighted by Gasteiger charge is -2.13. The van der Waals surface area contributed by atoms with Crippen molar-refractivity contribution in [3.63, 3.8) is 0 Å². The summed E-state index contributed by atoms with van der Waals surface area (Å²) in [4.78, 5) is 11.9. The van der Waals surface area contributed by atoms with E-state index in [0.29, 0.717) is 0 Å². The van der Waals surface area contributed by atoms with E-state index >= 15 is 0 Å². The largest absolute Gasteiger partial charge is 0.350 e. The molecule has 0 saturated carbocycles. The highest BCUT2D eigenvalue weighted by Crippen LogP contribution is 2.06. The van der Waals surface area contributed by atoms with Crippen molar-refractivity contribution in [1.29, 1.82) is 0 Å². The molecule has 2 nitrogen and oxygen atoms in total. The van der Waals surface area contributed by atoms with E-state index in [2.05, 4.69) is 19.2 Å². The number of carbonyl (C=O) groups is 1. The van der Waals surface area contributed by atoms with Gasteiger partial charge in [-0.15, -0.1) is 0 Å². The van der Waals surface area contributed by atoms with E-state index in [1.165, 1.54) is 19.3 Å². The first kappa shape index (κ1) is 13.8. The first-order valence-electron chi connectivity index (χ1n) is 6.51. The third-order valence-corrected chi connectivity index (χ3v) is 2.90. The van der Waals surface area contributed by atoms with Gasteiger partial charge in [-0.1, -0.05) is 43.9 Å². The van der Waals surface area contributed by atoms with E-state index in [1.807, 2.05) is 31.2 Å². The van der Waals surface area contributed by atoms with Gasteiger partial charge in [0.25, 0.3) is 5.91 Å². The second kappa shape index (κ2) is 7.10. The smallest absolute Gasteiger partial charge is 0.251 e. The highest BCUT2D eigenvalue weighted by atomic mass is 16.1. The molecular weight excluding hydrogens is 210 g/mol. The van der Waals surface area contributed by atoms with Gasteiger partial charge in [0.05, 0.1) is 0 Å². The summed E-state index contributed by atoms with van der Waals surface area (Å²) in [6.45, 7) is 6.26. The third kappa shape index (κ3) is 5.03. The lowest BCUT2D eigenvalue weighted by atomic mass is 10.1. The first-order chi connectivity index (χ1) is 8.13. The Balaban J connectivity index is 2.43. The van der Waals surface area contributed by atoms with Gasteiger partial charge in [0.15, 0.2) is 0 Å². The zero-order chi connectivity index (χ0) is 12.7. The standard InChI is InChI=1S/C15H23NO/c1-4-5-6-9-13(3)16-15(17)14-10-7-8-12(2)11-14/h7-8,10-11,13H,4-6,9H2,1-3H3,(H,16,17). The Hall–Kier alpha value is -1.31. The SMILES string of the molecule is CCCCCC(C)NC(=O)c1cccc(C)c1. The molecule has 1 N–H and O–H groups in total. The molecule has 0 heterocycles. The molecule has 1 aromatic rings. The lowest BCUT2D eigenvalue weighted by molar-refractivity contribution is 0.0938. The Kier molecular flexibility index (Phi) is 5.75. The molecule has 1 aromatic carbocycles. The predicted molar refractivity (Wildman–Crippen MR) is 72.2 cm³/mol. The minimum atomic E-state index is 0.0395. The molecule has 0 bridgehead atoms. The Bertz CT molecular complexity index is 360. The van der Waals surface area contributed by atoms with Gasteiger partial charge in [0, 0.05) is 11.6 Å². The van der Waals surface area contributed by atoms with Crippen molar-refractivity contribution < 1.29 is 4.79 Å². The van der Waals surface area contributed by atoms with Crippen molar-refractivity contribution in [2.75, 3.05) is 0 Å². The Labute approximate surface area is 104 Å². The monoisotopic (exact) mass is 233 g/mol. The van der Waals surface area contributed by atoms with Gasteiger partial charge in [-0.2, -0.15) is 0 Å². The summed E-state index contributed by atoms with van der Waals surface area (Å²) in [6, 6.07) is 7.97. The number of benzene rings is 1. The van der Waals surface area contributed by atoms with Gasteiger partial charge in [0.2, 0.25) is 0 Å². The van der Waals surface area contributed by atoms with Crippen LogP contribution in [-0.2, 0) is 0 Å². The fourth-order valence-electron chi connectivity index (χ4n) is 1.87. The topological polar surface area (TPSA) is 29.1 Å². The van der Waals surface area contributed by atoms with Gasteiger partial charge in [-0.25, -0.2) is 0 Å². The minimum Gasteiger partial charge on any atom is -0.350 e. The number of nitrogens with one attached hydrogen (secondary N) is 1. The molecule has 1 amide bonds. The van der Waals surface area contributed by atoms with Crippen molar-refractivity contribution in [3.05, 3.63) is 35.4 Å². The van der Waals surface area contributed by atoms with Crippen LogP contribution in [0.25, 0.3) is 0 Å². The number of hydrogen-bond donors (Lipinski definition) is 1. The predicted octanol–water partition coefficient (Wildman–Crippen LogP) is 3.69. The molecule has 1 atom stereocenters. The van der Waals surface area contributed by atoms with Crippen LogP contribution in [-0.4, -0.2) is 11.9 Å². The second-order valence-corrected chi connectivity index (χ2v) is 4.74. The van der Waals surface area contributed by atoms with E-state index in [0.717, 1.165) is 17.5 Å². The zero-order valence-electron chi connectivity index (χ0n) is 11.1. The van der Waals surface area contributed by atoms with Gasteiger partial charge in [-0.05, 0) is 32.4 Å². The molecule has 0 spiro atoms. The van der Waals surface area contributed by atoms with Crippen molar-refractivity contribution in [3.8, 4) is 0 Å². The first-order valence-corrected chi connectivity index (χ1v) is 6.51.